The number of aryl methyl sites for hydroxylation is 4. The zero-order chi connectivity index (χ0) is 26.9. The Morgan fingerprint density at radius 3 is 0.925 bits per heavy atom. The van der Waals surface area contributed by atoms with Crippen LogP contribution >= 0.6 is 0 Å². The van der Waals surface area contributed by atoms with Crippen LogP contribution in [0.3, 0.4) is 0 Å². The van der Waals surface area contributed by atoms with Crippen molar-refractivity contribution in [3.8, 4) is 0 Å². The largest absolute Gasteiger partial charge is 1.00 e. The van der Waals surface area contributed by atoms with Crippen LogP contribution < -0.4 is 33.9 Å². The summed E-state index contributed by atoms with van der Waals surface area (Å²) in [5, 5.41) is 0. The van der Waals surface area contributed by atoms with E-state index < -0.39 is 0 Å². The van der Waals surface area contributed by atoms with Crippen LogP contribution in [0.4, 0.5) is 0 Å². The maximum Gasteiger partial charge on any atom is 0.169 e. The van der Waals surface area contributed by atoms with E-state index in [-0.39, 0.29) is 24.8 Å². The fourth-order valence-electron chi connectivity index (χ4n) is 5.48. The molecule has 2 aromatic heterocycles. The van der Waals surface area contributed by atoms with Crippen LogP contribution in [0, 0.1) is 0 Å². The van der Waals surface area contributed by atoms with Crippen molar-refractivity contribution in [2.45, 2.75) is 168 Å². The molecule has 0 amide bonds. The summed E-state index contributed by atoms with van der Waals surface area (Å²) in [6.45, 7) is 6.91. The van der Waals surface area contributed by atoms with Gasteiger partial charge in [0.1, 0.15) is 13.1 Å². The van der Waals surface area contributed by atoms with Crippen molar-refractivity contribution in [2.75, 3.05) is 0 Å². The van der Waals surface area contributed by atoms with Gasteiger partial charge in [-0.25, -0.2) is 9.13 Å². The van der Waals surface area contributed by atoms with Gasteiger partial charge < -0.3 is 24.8 Å². The second-order valence-electron chi connectivity index (χ2n) is 11.8. The molecule has 2 heterocycles. The van der Waals surface area contributed by atoms with Crippen LogP contribution in [0.1, 0.15) is 153 Å². The highest BCUT2D eigenvalue weighted by Crippen LogP contribution is 2.13. The van der Waals surface area contributed by atoms with Crippen molar-refractivity contribution in [2.24, 2.45) is 0 Å². The predicted octanol–water partition coefficient (Wildman–Crippen LogP) is 3.90. The molecule has 0 aliphatic rings. The minimum Gasteiger partial charge on any atom is -1.00 e. The Balaban J connectivity index is 0.00000760. The van der Waals surface area contributed by atoms with Crippen LogP contribution in [0.15, 0.2) is 49.1 Å². The summed E-state index contributed by atoms with van der Waals surface area (Å²) in [7, 11) is 0. The van der Waals surface area contributed by atoms with Gasteiger partial charge in [0, 0.05) is 37.1 Å². The topological polar surface area (TPSA) is 7.76 Å². The summed E-state index contributed by atoms with van der Waals surface area (Å²) in [6.07, 6.45) is 39.4. The highest BCUT2D eigenvalue weighted by atomic mass is 35.5. The van der Waals surface area contributed by atoms with Gasteiger partial charge in [-0.2, -0.15) is 0 Å². The second kappa shape index (κ2) is 28.0. The summed E-state index contributed by atoms with van der Waals surface area (Å²) >= 11 is 0. The van der Waals surface area contributed by atoms with Crippen LogP contribution in [-0.2, 0) is 25.9 Å². The number of hydrogen-bond acceptors (Lipinski definition) is 0. The molecule has 0 fully saturated rings. The van der Waals surface area contributed by atoms with Gasteiger partial charge >= 0.3 is 0 Å². The molecule has 2 rings (SSSR count). The molecule has 0 saturated heterocycles. The van der Waals surface area contributed by atoms with Gasteiger partial charge in [0.2, 0.25) is 0 Å². The fraction of sp³-hybridized carbons (Fsp3) is 0.722. The summed E-state index contributed by atoms with van der Waals surface area (Å²) in [5.41, 5.74) is 3.00. The molecular weight excluding hydrogens is 531 g/mol. The second-order valence-corrected chi connectivity index (χ2v) is 11.8. The monoisotopic (exact) mass is 592 g/mol. The van der Waals surface area contributed by atoms with E-state index in [2.05, 4.69) is 72.0 Å². The molecule has 0 aliphatic heterocycles. The van der Waals surface area contributed by atoms with Crippen molar-refractivity contribution in [3.05, 3.63) is 60.2 Å². The summed E-state index contributed by atoms with van der Waals surface area (Å²) < 4.78 is 4.74. The van der Waals surface area contributed by atoms with E-state index in [9.17, 15) is 0 Å². The average molecular weight is 594 g/mol. The SMILES string of the molecule is CCCCCc1cc[n+](CCCCCCCCCCCCCCCC[n+]2ccc(CCCCC)cc2)cc1.[Cl-].[Cl-]. The maximum absolute atomic E-state index is 2.37. The molecule has 0 aliphatic carbocycles. The lowest BCUT2D eigenvalue weighted by molar-refractivity contribution is -0.697. The van der Waals surface area contributed by atoms with E-state index in [1.807, 2.05) is 0 Å². The first kappa shape index (κ1) is 38.9. The Morgan fingerprint density at radius 2 is 0.650 bits per heavy atom. The zero-order valence-electron chi connectivity index (χ0n) is 26.2. The maximum atomic E-state index is 2.37. The number of unbranched alkanes of at least 4 members (excludes halogenated alkanes) is 17. The molecule has 2 aromatic rings. The van der Waals surface area contributed by atoms with Crippen molar-refractivity contribution in [1.82, 2.24) is 0 Å². The van der Waals surface area contributed by atoms with Crippen LogP contribution in [0.2, 0.25) is 0 Å². The lowest BCUT2D eigenvalue weighted by atomic mass is 10.0. The zero-order valence-corrected chi connectivity index (χ0v) is 27.8. The number of aromatic nitrogens is 2. The highest BCUT2D eigenvalue weighted by molar-refractivity contribution is 5.07. The van der Waals surface area contributed by atoms with E-state index in [0.717, 1.165) is 0 Å². The molecule has 2 nitrogen and oxygen atoms in total. The lowest BCUT2D eigenvalue weighted by Crippen LogP contribution is -3.00. The van der Waals surface area contributed by atoms with Gasteiger partial charge in [-0.1, -0.05) is 104 Å². The van der Waals surface area contributed by atoms with E-state index in [1.54, 1.807) is 0 Å². The van der Waals surface area contributed by atoms with Gasteiger partial charge in [-0.3, -0.25) is 0 Å². The predicted molar refractivity (Wildman–Crippen MR) is 164 cm³/mol. The van der Waals surface area contributed by atoms with E-state index in [4.69, 9.17) is 0 Å². The molecule has 0 N–H and O–H groups in total. The number of rotatable bonds is 25. The van der Waals surface area contributed by atoms with Crippen molar-refractivity contribution in [1.29, 1.82) is 0 Å². The minimum absolute atomic E-state index is 0. The molecule has 0 radical (unpaired) electrons. The Bertz CT molecular complexity index is 709. The van der Waals surface area contributed by atoms with Crippen molar-refractivity contribution in [3.63, 3.8) is 0 Å². The molecule has 0 unspecified atom stereocenters. The Kier molecular flexibility index (Phi) is 27.2. The normalized spacial score (nSPS) is 10.8. The van der Waals surface area contributed by atoms with Crippen LogP contribution in [0.5, 0.6) is 0 Å². The Morgan fingerprint density at radius 1 is 0.375 bits per heavy atom. The molecule has 0 bridgehead atoms. The van der Waals surface area contributed by atoms with Gasteiger partial charge in [-0.15, -0.1) is 0 Å². The molecular formula is C36H62Cl2N2. The standard InChI is InChI=1S/C36H62N2.2ClH/c1-3-5-19-23-35-25-31-37(32-26-35)29-21-17-15-13-11-9-7-8-10-12-14-16-18-22-30-38-33-27-36(28-34-38)24-20-6-4-2;;/h25-28,31-34H,3-24,29-30H2,1-2H3;2*1H/q+2;;/p-2. The molecule has 4 heteroatoms. The minimum atomic E-state index is 0. The third kappa shape index (κ3) is 20.7. The fourth-order valence-corrected chi connectivity index (χ4v) is 5.48. The molecule has 0 saturated carbocycles. The van der Waals surface area contributed by atoms with E-state index in [0.29, 0.717) is 0 Å². The van der Waals surface area contributed by atoms with Crippen molar-refractivity contribution >= 4 is 0 Å². The Hall–Kier alpha value is -1.12. The van der Waals surface area contributed by atoms with Crippen molar-refractivity contribution < 1.29 is 33.9 Å². The third-order valence-corrected chi connectivity index (χ3v) is 8.14. The number of hydrogen-bond donors (Lipinski definition) is 0. The highest BCUT2D eigenvalue weighted by Gasteiger charge is 2.03. The van der Waals surface area contributed by atoms with Gasteiger partial charge in [-0.05, 0) is 49.7 Å². The first-order valence-corrected chi connectivity index (χ1v) is 16.8. The number of halogens is 2. The Labute approximate surface area is 261 Å². The smallest absolute Gasteiger partial charge is 0.169 e. The van der Waals surface area contributed by atoms with Gasteiger partial charge in [0.15, 0.2) is 24.8 Å². The first-order chi connectivity index (χ1) is 18.8. The van der Waals surface area contributed by atoms with Gasteiger partial charge in [0.25, 0.3) is 0 Å². The summed E-state index contributed by atoms with van der Waals surface area (Å²) in [5.74, 6) is 0. The first-order valence-electron chi connectivity index (χ1n) is 16.8. The summed E-state index contributed by atoms with van der Waals surface area (Å²) in [4.78, 5) is 0. The molecule has 0 aromatic carbocycles. The number of nitrogens with zero attached hydrogens (tertiary/aromatic N) is 2. The quantitative estimate of drug-likeness (QED) is 0.122. The molecule has 0 atom stereocenters. The summed E-state index contributed by atoms with van der Waals surface area (Å²) in [6, 6.07) is 9.30. The third-order valence-electron chi connectivity index (χ3n) is 8.14. The molecule has 230 valence electrons. The van der Waals surface area contributed by atoms with Crippen LogP contribution in [0.25, 0.3) is 0 Å². The average Bonchev–Trinajstić information content (AvgIpc) is 2.94. The van der Waals surface area contributed by atoms with Gasteiger partial charge in [0.05, 0.1) is 0 Å². The van der Waals surface area contributed by atoms with E-state index >= 15 is 0 Å². The van der Waals surface area contributed by atoms with E-state index in [1.165, 1.54) is 165 Å². The lowest BCUT2D eigenvalue weighted by Gasteiger charge is -2.04. The molecule has 0 spiro atoms. The molecule has 40 heavy (non-hydrogen) atoms. The van der Waals surface area contributed by atoms with Crippen LogP contribution in [-0.4, -0.2) is 0 Å². The number of pyridine rings is 2.